The summed E-state index contributed by atoms with van der Waals surface area (Å²) in [6.07, 6.45) is 0. The first-order chi connectivity index (χ1) is 21.5. The van der Waals surface area contributed by atoms with Gasteiger partial charge in [0.05, 0.1) is 16.7 Å². The second kappa shape index (κ2) is 10.5. The molecule has 44 heavy (non-hydrogen) atoms. The van der Waals surface area contributed by atoms with Crippen LogP contribution < -0.4 is 0 Å². The number of fused-ring (bicyclic) bond motifs is 6. The van der Waals surface area contributed by atoms with Crippen LogP contribution >= 0.6 is 11.3 Å². The standard InChI is InChI=1S/C41H34N2S/c1-25(2)33-23-30(27-12-6-5-7-13-27)24-34(26(3)4)39(33)43-37-17-11-10-16-36(37)42-41(43)29-19-21-38-35(22-29)32-20-18-28-14-8-9-15-31(28)40(32)44-38/h5-26H,1-4H3. The van der Waals surface area contributed by atoms with Crippen LogP contribution in [0, 0.1) is 0 Å². The summed E-state index contributed by atoms with van der Waals surface area (Å²) in [5.41, 5.74) is 9.76. The second-order valence-corrected chi connectivity index (χ2v) is 13.5. The molecule has 0 saturated heterocycles. The van der Waals surface area contributed by atoms with Crippen molar-refractivity contribution >= 4 is 53.3 Å². The van der Waals surface area contributed by atoms with Crippen LogP contribution in [-0.4, -0.2) is 9.55 Å². The van der Waals surface area contributed by atoms with Gasteiger partial charge in [0.25, 0.3) is 0 Å². The molecule has 0 aliphatic rings. The van der Waals surface area contributed by atoms with E-state index in [1.165, 1.54) is 58.9 Å². The van der Waals surface area contributed by atoms with Crippen LogP contribution in [0.4, 0.5) is 0 Å². The number of nitrogens with zero attached hydrogens (tertiary/aromatic N) is 2. The number of hydrogen-bond donors (Lipinski definition) is 0. The van der Waals surface area contributed by atoms with Crippen molar-refractivity contribution in [2.75, 3.05) is 0 Å². The average molecular weight is 587 g/mol. The van der Waals surface area contributed by atoms with Crippen LogP contribution in [0.5, 0.6) is 0 Å². The highest BCUT2D eigenvalue weighted by Gasteiger charge is 2.24. The van der Waals surface area contributed by atoms with E-state index < -0.39 is 0 Å². The van der Waals surface area contributed by atoms with Crippen molar-refractivity contribution in [2.24, 2.45) is 0 Å². The minimum atomic E-state index is 0.330. The molecule has 2 heterocycles. The van der Waals surface area contributed by atoms with E-state index in [-0.39, 0.29) is 0 Å². The van der Waals surface area contributed by atoms with E-state index in [2.05, 4.69) is 154 Å². The Labute approximate surface area is 262 Å². The minimum absolute atomic E-state index is 0.330. The zero-order valence-corrected chi connectivity index (χ0v) is 26.3. The number of rotatable bonds is 5. The Morgan fingerprint density at radius 3 is 2.05 bits per heavy atom. The van der Waals surface area contributed by atoms with Crippen LogP contribution in [-0.2, 0) is 0 Å². The Kier molecular flexibility index (Phi) is 6.39. The van der Waals surface area contributed by atoms with Gasteiger partial charge >= 0.3 is 0 Å². The summed E-state index contributed by atoms with van der Waals surface area (Å²) >= 11 is 1.89. The maximum absolute atomic E-state index is 5.33. The van der Waals surface area contributed by atoms with Crippen molar-refractivity contribution in [1.82, 2.24) is 9.55 Å². The van der Waals surface area contributed by atoms with E-state index in [9.17, 15) is 0 Å². The fourth-order valence-corrected chi connectivity index (χ4v) is 7.92. The smallest absolute Gasteiger partial charge is 0.145 e. The van der Waals surface area contributed by atoms with Crippen LogP contribution in [0.3, 0.4) is 0 Å². The van der Waals surface area contributed by atoms with Crippen molar-refractivity contribution in [3.05, 3.63) is 132 Å². The van der Waals surface area contributed by atoms with Gasteiger partial charge in [-0.05, 0) is 87.3 Å². The lowest BCUT2D eigenvalue weighted by Crippen LogP contribution is -2.09. The van der Waals surface area contributed by atoms with Crippen molar-refractivity contribution < 1.29 is 0 Å². The fraction of sp³-hybridized carbons (Fsp3) is 0.146. The van der Waals surface area contributed by atoms with Gasteiger partial charge in [-0.25, -0.2) is 4.98 Å². The third kappa shape index (κ3) is 4.26. The molecule has 0 saturated carbocycles. The predicted molar refractivity (Wildman–Crippen MR) is 191 cm³/mol. The van der Waals surface area contributed by atoms with Gasteiger partial charge in [0.1, 0.15) is 5.82 Å². The van der Waals surface area contributed by atoms with Crippen molar-refractivity contribution in [1.29, 1.82) is 0 Å². The summed E-state index contributed by atoms with van der Waals surface area (Å²) in [7, 11) is 0. The van der Waals surface area contributed by atoms with Crippen molar-refractivity contribution in [2.45, 2.75) is 39.5 Å². The molecule has 2 aromatic heterocycles. The Hall–Kier alpha value is -4.73. The topological polar surface area (TPSA) is 17.8 Å². The molecule has 6 aromatic carbocycles. The van der Waals surface area contributed by atoms with Crippen molar-refractivity contribution in [3.63, 3.8) is 0 Å². The molecular formula is C41H34N2S. The van der Waals surface area contributed by atoms with Gasteiger partial charge in [0.2, 0.25) is 0 Å². The maximum Gasteiger partial charge on any atom is 0.145 e. The molecule has 0 N–H and O–H groups in total. The Bertz CT molecular complexity index is 2310. The largest absolute Gasteiger partial charge is 0.292 e. The van der Waals surface area contributed by atoms with Crippen LogP contribution in [0.1, 0.15) is 50.7 Å². The lowest BCUT2D eigenvalue weighted by molar-refractivity contribution is 0.811. The number of para-hydroxylation sites is 2. The summed E-state index contributed by atoms with van der Waals surface area (Å²) in [5, 5.41) is 5.21. The predicted octanol–water partition coefficient (Wildman–Crippen LogP) is 12.1. The van der Waals surface area contributed by atoms with E-state index in [0.29, 0.717) is 11.8 Å². The molecule has 0 radical (unpaired) electrons. The third-order valence-electron chi connectivity index (χ3n) is 8.92. The van der Waals surface area contributed by atoms with Gasteiger partial charge in [-0.1, -0.05) is 107 Å². The molecule has 0 atom stereocenters. The molecule has 0 fully saturated rings. The Morgan fingerprint density at radius 1 is 0.568 bits per heavy atom. The molecular weight excluding hydrogens is 553 g/mol. The molecule has 8 rings (SSSR count). The normalized spacial score (nSPS) is 12.0. The first-order valence-corrected chi connectivity index (χ1v) is 16.3. The third-order valence-corrected chi connectivity index (χ3v) is 10.1. The molecule has 0 spiro atoms. The number of thiophene rings is 1. The Morgan fingerprint density at radius 2 is 1.27 bits per heavy atom. The fourth-order valence-electron chi connectivity index (χ4n) is 6.71. The van der Waals surface area contributed by atoms with Crippen molar-refractivity contribution in [3.8, 4) is 28.2 Å². The highest BCUT2D eigenvalue weighted by atomic mass is 32.1. The van der Waals surface area contributed by atoms with Gasteiger partial charge < -0.3 is 0 Å². The summed E-state index contributed by atoms with van der Waals surface area (Å²) in [5.74, 6) is 1.65. The van der Waals surface area contributed by atoms with E-state index in [4.69, 9.17) is 4.98 Å². The number of hydrogen-bond acceptors (Lipinski definition) is 2. The zero-order chi connectivity index (χ0) is 29.9. The molecule has 0 amide bonds. The molecule has 8 aromatic rings. The van der Waals surface area contributed by atoms with Gasteiger partial charge in [0.15, 0.2) is 0 Å². The lowest BCUT2D eigenvalue weighted by Gasteiger charge is -2.24. The van der Waals surface area contributed by atoms with E-state index >= 15 is 0 Å². The average Bonchev–Trinajstić information content (AvgIpc) is 3.63. The molecule has 0 bridgehead atoms. The molecule has 3 heteroatoms. The van der Waals surface area contributed by atoms with Crippen LogP contribution in [0.15, 0.2) is 121 Å². The van der Waals surface area contributed by atoms with E-state index in [1.807, 2.05) is 11.3 Å². The summed E-state index contributed by atoms with van der Waals surface area (Å²) in [6, 6.07) is 44.3. The summed E-state index contributed by atoms with van der Waals surface area (Å²) in [6.45, 7) is 9.24. The van der Waals surface area contributed by atoms with Crippen LogP contribution in [0.25, 0.3) is 70.2 Å². The molecule has 0 aliphatic carbocycles. The first-order valence-electron chi connectivity index (χ1n) is 15.5. The number of aromatic nitrogens is 2. The van der Waals surface area contributed by atoms with Gasteiger partial charge in [-0.3, -0.25) is 4.57 Å². The zero-order valence-electron chi connectivity index (χ0n) is 25.5. The quantitative estimate of drug-likeness (QED) is 0.196. The number of imidazole rings is 1. The second-order valence-electron chi connectivity index (χ2n) is 12.4. The summed E-state index contributed by atoms with van der Waals surface area (Å²) in [4.78, 5) is 5.33. The molecule has 0 unspecified atom stereocenters. The molecule has 2 nitrogen and oxygen atoms in total. The highest BCUT2D eigenvalue weighted by Crippen LogP contribution is 2.43. The highest BCUT2D eigenvalue weighted by molar-refractivity contribution is 7.26. The SMILES string of the molecule is CC(C)c1cc(-c2ccccc2)cc(C(C)C)c1-n1c(-c2ccc3sc4c5ccccc5ccc4c3c2)nc2ccccc21. The van der Waals surface area contributed by atoms with Gasteiger partial charge in [0, 0.05) is 25.7 Å². The van der Waals surface area contributed by atoms with E-state index in [0.717, 1.165) is 22.4 Å². The minimum Gasteiger partial charge on any atom is -0.292 e. The molecule has 214 valence electrons. The Balaban J connectivity index is 1.42. The lowest BCUT2D eigenvalue weighted by atomic mass is 9.88. The monoisotopic (exact) mass is 586 g/mol. The first kappa shape index (κ1) is 26.9. The number of benzene rings is 6. The maximum atomic E-state index is 5.33. The van der Waals surface area contributed by atoms with Gasteiger partial charge in [-0.15, -0.1) is 11.3 Å². The van der Waals surface area contributed by atoms with E-state index in [1.54, 1.807) is 0 Å². The van der Waals surface area contributed by atoms with Crippen LogP contribution in [0.2, 0.25) is 0 Å². The molecule has 0 aliphatic heterocycles. The summed E-state index contributed by atoms with van der Waals surface area (Å²) < 4.78 is 5.10. The van der Waals surface area contributed by atoms with Gasteiger partial charge in [-0.2, -0.15) is 0 Å².